The average molecular weight is 536 g/mol. The highest BCUT2D eigenvalue weighted by Gasteiger charge is 2.50. The van der Waals surface area contributed by atoms with Crippen molar-refractivity contribution in [3.05, 3.63) is 70.3 Å². The first-order valence-electron chi connectivity index (χ1n) is 8.98. The van der Waals surface area contributed by atoms with E-state index in [1.165, 1.54) is 0 Å². The molecule has 0 heterocycles. The van der Waals surface area contributed by atoms with Gasteiger partial charge < -0.3 is 20.9 Å². The van der Waals surface area contributed by atoms with E-state index in [-0.39, 0.29) is 12.1 Å². The first-order valence-corrected chi connectivity index (χ1v) is 8.98. The van der Waals surface area contributed by atoms with Crippen molar-refractivity contribution in [3.8, 4) is 23.0 Å². The van der Waals surface area contributed by atoms with Crippen molar-refractivity contribution in [3.63, 3.8) is 0 Å². The molecule has 3 aromatic rings. The zero-order valence-electron chi connectivity index (χ0n) is 16.8. The molecule has 0 aliphatic heterocycles. The highest BCUT2D eigenvalue weighted by Crippen LogP contribution is 2.53. The summed E-state index contributed by atoms with van der Waals surface area (Å²) in [5, 5.41) is 0. The van der Waals surface area contributed by atoms with E-state index >= 15 is 0 Å². The van der Waals surface area contributed by atoms with Crippen LogP contribution in [0.5, 0.6) is 23.0 Å². The van der Waals surface area contributed by atoms with Gasteiger partial charge in [0.25, 0.3) is 0 Å². The van der Waals surface area contributed by atoms with Crippen LogP contribution in [0.4, 0.5) is 64.1 Å². The molecule has 0 bridgehead atoms. The Morgan fingerprint density at radius 1 is 0.500 bits per heavy atom. The van der Waals surface area contributed by atoms with Crippen LogP contribution in [0.25, 0.3) is 0 Å². The summed E-state index contributed by atoms with van der Waals surface area (Å²) >= 11 is 0. The molecule has 0 aromatic heterocycles. The van der Waals surface area contributed by atoms with Crippen LogP contribution in [0.3, 0.4) is 0 Å². The third-order valence-corrected chi connectivity index (χ3v) is 4.47. The molecule has 0 saturated carbocycles. The number of halogens is 12. The van der Waals surface area contributed by atoms with Crippen molar-refractivity contribution in [2.75, 3.05) is 11.5 Å². The SMILES string of the molecule is Nc1c(F)ccc(Oc2c(F)c(F)c(C(F)(F)F)c(Oc3ccc(F)c(N)c3F)c2C(F)(F)F)c1F. The summed E-state index contributed by atoms with van der Waals surface area (Å²) < 4.78 is 175. The lowest BCUT2D eigenvalue weighted by molar-refractivity contribution is -0.147. The minimum atomic E-state index is -6.09. The van der Waals surface area contributed by atoms with Crippen LogP contribution < -0.4 is 20.9 Å². The molecule has 194 valence electrons. The maximum Gasteiger partial charge on any atom is 0.423 e. The summed E-state index contributed by atoms with van der Waals surface area (Å²) in [5.74, 6) is -20.8. The molecule has 3 aromatic carbocycles. The Labute approximate surface area is 191 Å². The zero-order valence-corrected chi connectivity index (χ0v) is 16.8. The van der Waals surface area contributed by atoms with Gasteiger partial charge in [0.15, 0.2) is 40.4 Å². The van der Waals surface area contributed by atoms with E-state index in [9.17, 15) is 52.7 Å². The van der Waals surface area contributed by atoms with Crippen LogP contribution >= 0.6 is 0 Å². The summed E-state index contributed by atoms with van der Waals surface area (Å²) in [7, 11) is 0. The Hall–Kier alpha value is -3.98. The lowest BCUT2D eigenvalue weighted by Crippen LogP contribution is -2.19. The van der Waals surface area contributed by atoms with Crippen LogP contribution in [0.2, 0.25) is 0 Å². The highest BCUT2D eigenvalue weighted by atomic mass is 19.4. The lowest BCUT2D eigenvalue weighted by atomic mass is 10.0. The smallest absolute Gasteiger partial charge is 0.423 e. The number of anilines is 2. The number of hydrogen-bond acceptors (Lipinski definition) is 4. The number of nitrogens with two attached hydrogens (primary N) is 2. The second-order valence-corrected chi connectivity index (χ2v) is 6.78. The van der Waals surface area contributed by atoms with Crippen molar-refractivity contribution in [2.45, 2.75) is 12.4 Å². The van der Waals surface area contributed by atoms with E-state index in [0.717, 1.165) is 0 Å². The molecule has 0 radical (unpaired) electrons. The van der Waals surface area contributed by atoms with E-state index in [2.05, 4.69) is 9.47 Å². The molecule has 0 aliphatic carbocycles. The summed E-state index contributed by atoms with van der Waals surface area (Å²) in [6, 6.07) is 1.12. The van der Waals surface area contributed by atoms with Crippen molar-refractivity contribution >= 4 is 11.4 Å². The van der Waals surface area contributed by atoms with Gasteiger partial charge in [0.2, 0.25) is 5.82 Å². The molecule has 36 heavy (non-hydrogen) atoms. The first kappa shape index (κ1) is 26.6. The van der Waals surface area contributed by atoms with Gasteiger partial charge in [0.05, 0.1) is 0 Å². The number of ether oxygens (including phenoxy) is 2. The monoisotopic (exact) mass is 536 g/mol. The van der Waals surface area contributed by atoms with Crippen LogP contribution in [-0.4, -0.2) is 0 Å². The Kier molecular flexibility index (Phi) is 6.59. The van der Waals surface area contributed by atoms with Crippen LogP contribution in [0.1, 0.15) is 11.1 Å². The van der Waals surface area contributed by atoms with Crippen LogP contribution in [0, 0.1) is 34.9 Å². The molecule has 0 atom stereocenters. The van der Waals surface area contributed by atoms with Gasteiger partial charge in [-0.05, 0) is 24.3 Å². The Morgan fingerprint density at radius 2 is 0.889 bits per heavy atom. The van der Waals surface area contributed by atoms with Gasteiger partial charge in [0.1, 0.15) is 34.1 Å². The molecule has 0 unspecified atom stereocenters. The predicted molar refractivity (Wildman–Crippen MR) is 98.1 cm³/mol. The Morgan fingerprint density at radius 3 is 1.28 bits per heavy atom. The van der Waals surface area contributed by atoms with E-state index in [0.29, 0.717) is 12.1 Å². The number of rotatable bonds is 4. The highest BCUT2D eigenvalue weighted by molar-refractivity contribution is 5.59. The van der Waals surface area contributed by atoms with Crippen molar-refractivity contribution < 1.29 is 62.2 Å². The molecule has 4 N–H and O–H groups in total. The Balaban J connectivity index is 2.41. The molecule has 0 aliphatic rings. The van der Waals surface area contributed by atoms with Gasteiger partial charge >= 0.3 is 12.4 Å². The van der Waals surface area contributed by atoms with Crippen molar-refractivity contribution in [1.29, 1.82) is 0 Å². The van der Waals surface area contributed by atoms with Crippen molar-refractivity contribution in [2.24, 2.45) is 0 Å². The van der Waals surface area contributed by atoms with Crippen molar-refractivity contribution in [1.82, 2.24) is 0 Å². The predicted octanol–water partition coefficient (Wildman–Crippen LogP) is 7.31. The maximum atomic E-state index is 14.6. The quantitative estimate of drug-likeness (QED) is 0.271. The third kappa shape index (κ3) is 4.61. The van der Waals surface area contributed by atoms with Gasteiger partial charge in [-0.2, -0.15) is 30.7 Å². The maximum absolute atomic E-state index is 14.6. The van der Waals surface area contributed by atoms with Gasteiger partial charge in [0, 0.05) is 0 Å². The average Bonchev–Trinajstić information content (AvgIpc) is 2.75. The molecule has 3 rings (SSSR count). The van der Waals surface area contributed by atoms with E-state index < -0.39 is 92.8 Å². The molecule has 0 fully saturated rings. The van der Waals surface area contributed by atoms with E-state index in [4.69, 9.17) is 11.5 Å². The van der Waals surface area contributed by atoms with Crippen LogP contribution in [-0.2, 0) is 12.4 Å². The van der Waals surface area contributed by atoms with E-state index in [1.807, 2.05) is 0 Å². The van der Waals surface area contributed by atoms with Gasteiger partial charge in [-0.25, -0.2) is 22.0 Å². The summed E-state index contributed by atoms with van der Waals surface area (Å²) in [6.07, 6.45) is -12.2. The fourth-order valence-electron chi connectivity index (χ4n) is 2.83. The number of nitrogen functional groups attached to an aromatic ring is 2. The third-order valence-electron chi connectivity index (χ3n) is 4.47. The van der Waals surface area contributed by atoms with Gasteiger partial charge in [-0.1, -0.05) is 0 Å². The summed E-state index contributed by atoms with van der Waals surface area (Å²) in [5.41, 5.74) is 1.45. The minimum Gasteiger partial charge on any atom is -0.453 e. The molecule has 0 saturated heterocycles. The second kappa shape index (κ2) is 8.91. The Bertz CT molecular complexity index is 1350. The second-order valence-electron chi connectivity index (χ2n) is 6.78. The summed E-state index contributed by atoms with van der Waals surface area (Å²) in [4.78, 5) is 0. The zero-order chi connectivity index (χ0) is 27.3. The number of benzene rings is 3. The molecule has 0 amide bonds. The fraction of sp³-hybridized carbons (Fsp3) is 0.100. The van der Waals surface area contributed by atoms with Crippen LogP contribution in [0.15, 0.2) is 24.3 Å². The number of alkyl halides is 6. The molecule has 16 heteroatoms. The molecular weight excluding hydrogens is 528 g/mol. The standard InChI is InChI=1S/C20H8F12N2O2/c21-5-1-3-7(11(23)15(5)33)35-17-9(19(27,28)29)13(25)14(26)18(10(17)20(30,31)32)36-8-4-2-6(22)16(34)12(8)24/h1-4H,33-34H2. The minimum absolute atomic E-state index is 0.212. The molecular formula is C20H8F12N2O2. The normalized spacial score (nSPS) is 12.1. The number of hydrogen-bond donors (Lipinski definition) is 2. The molecule has 0 spiro atoms. The molecule has 4 nitrogen and oxygen atoms in total. The topological polar surface area (TPSA) is 70.5 Å². The van der Waals surface area contributed by atoms with Gasteiger partial charge in [-0.3, -0.25) is 0 Å². The van der Waals surface area contributed by atoms with Gasteiger partial charge in [-0.15, -0.1) is 0 Å². The van der Waals surface area contributed by atoms with E-state index in [1.54, 1.807) is 0 Å². The lowest BCUT2D eigenvalue weighted by Gasteiger charge is -2.23. The largest absolute Gasteiger partial charge is 0.453 e. The first-order chi connectivity index (χ1) is 16.5. The summed E-state index contributed by atoms with van der Waals surface area (Å²) in [6.45, 7) is 0. The fourth-order valence-corrected chi connectivity index (χ4v) is 2.83.